The molecule has 0 aromatic carbocycles. The SMILES string of the molecule is [O]=[Nd].[O]=[Nd]. The Morgan fingerprint density at radius 1 is 0.750 bits per heavy atom. The van der Waals surface area contributed by atoms with E-state index in [-0.39, 0.29) is 77.8 Å². The summed E-state index contributed by atoms with van der Waals surface area (Å²) in [6.07, 6.45) is 0. The second-order valence-corrected chi connectivity index (χ2v) is 0. The zero-order chi connectivity index (χ0) is 4.00. The average Bonchev–Trinajstić information content (AvgIpc) is 1.50. The van der Waals surface area contributed by atoms with Gasteiger partial charge in [0, 0.05) is 0 Å². The van der Waals surface area contributed by atoms with Gasteiger partial charge in [-0.05, 0) is 0 Å². The Morgan fingerprint density at radius 3 is 0.750 bits per heavy atom. The van der Waals surface area contributed by atoms with Crippen LogP contribution in [0.3, 0.4) is 0 Å². The van der Waals surface area contributed by atoms with Gasteiger partial charge in [-0.25, -0.2) is 0 Å². The van der Waals surface area contributed by atoms with Gasteiger partial charge in [0.05, 0.1) is 0 Å². The molecule has 0 amide bonds. The van der Waals surface area contributed by atoms with Crippen LogP contribution in [-0.4, -0.2) is 0 Å². The Hall–Kier alpha value is 2.30. The first kappa shape index (κ1) is 9.57. The summed E-state index contributed by atoms with van der Waals surface area (Å²) >= 11 is 0.111. The first-order valence-electron chi connectivity index (χ1n) is 0.408. The molecule has 0 N–H and O–H groups in total. The van der Waals surface area contributed by atoms with E-state index >= 15 is 0 Å². The van der Waals surface area contributed by atoms with Crippen molar-refractivity contribution in [2.45, 2.75) is 0 Å². The summed E-state index contributed by atoms with van der Waals surface area (Å²) in [5.74, 6) is 0. The standard InChI is InChI=1S/2Nd.2O. The maximum atomic E-state index is 8.39. The van der Waals surface area contributed by atoms with Gasteiger partial charge in [0.1, 0.15) is 0 Å². The number of rotatable bonds is 0. The van der Waals surface area contributed by atoms with Gasteiger partial charge in [-0.2, -0.15) is 0 Å². The summed E-state index contributed by atoms with van der Waals surface area (Å²) in [6.45, 7) is 0. The zero-order valence-electron chi connectivity index (χ0n) is 1.82. The Morgan fingerprint density at radius 2 is 0.750 bits per heavy atom. The van der Waals surface area contributed by atoms with Gasteiger partial charge in [-0.3, -0.25) is 0 Å². The molecule has 0 aliphatic carbocycles. The van der Waals surface area contributed by atoms with Gasteiger partial charge < -0.3 is 0 Å². The van der Waals surface area contributed by atoms with Crippen LogP contribution in [0.5, 0.6) is 0 Å². The molecule has 0 spiro atoms. The molecule has 0 aromatic heterocycles. The van der Waals surface area contributed by atoms with Crippen molar-refractivity contribution in [3.05, 3.63) is 0 Å². The van der Waals surface area contributed by atoms with Crippen molar-refractivity contribution < 1.29 is 79.9 Å². The third kappa shape index (κ3) is 8.85. The molecular formula is Nd2O2. The van der Waals surface area contributed by atoms with Crippen molar-refractivity contribution in [2.75, 3.05) is 0 Å². The van der Waals surface area contributed by atoms with Crippen molar-refractivity contribution in [3.63, 3.8) is 0 Å². The molecule has 4 heavy (non-hydrogen) atoms. The molecule has 0 aromatic rings. The van der Waals surface area contributed by atoms with Crippen LogP contribution in [0.2, 0.25) is 0 Å². The molecule has 0 bridgehead atoms. The Kier molecular flexibility index (Phi) is 44.3. The van der Waals surface area contributed by atoms with Crippen molar-refractivity contribution >= 4 is 0 Å². The molecule has 0 atom stereocenters. The maximum absolute atomic E-state index is 8.39. The summed E-state index contributed by atoms with van der Waals surface area (Å²) in [7, 11) is 0. The molecule has 0 saturated heterocycles. The van der Waals surface area contributed by atoms with Crippen LogP contribution in [0.25, 0.3) is 0 Å². The van der Waals surface area contributed by atoms with E-state index in [1.54, 1.807) is 0 Å². The van der Waals surface area contributed by atoms with Gasteiger partial charge in [0.2, 0.25) is 0 Å². The van der Waals surface area contributed by atoms with E-state index in [4.69, 9.17) is 2.10 Å². The summed E-state index contributed by atoms with van der Waals surface area (Å²) in [4.78, 5) is 0. The molecule has 0 radical (unpaired) electrons. The zero-order valence-corrected chi connectivity index (χ0v) is 8.23. The minimum atomic E-state index is 0.0556. The molecule has 0 rings (SSSR count). The van der Waals surface area contributed by atoms with Gasteiger partial charge in [-0.1, -0.05) is 0 Å². The summed E-state index contributed by atoms with van der Waals surface area (Å²) in [5, 5.41) is 0. The van der Waals surface area contributed by atoms with E-state index in [2.05, 4.69) is 0 Å². The van der Waals surface area contributed by atoms with Gasteiger partial charge in [0.25, 0.3) is 0 Å². The molecular weight excluding hydrogens is 320 g/mol. The van der Waals surface area contributed by atoms with Crippen LogP contribution in [0.1, 0.15) is 0 Å². The van der Waals surface area contributed by atoms with Crippen molar-refractivity contribution in [3.8, 4) is 0 Å². The van der Waals surface area contributed by atoms with E-state index in [0.717, 1.165) is 0 Å². The molecule has 0 aliphatic heterocycles. The predicted molar refractivity (Wildman–Crippen MR) is 1.37 cm³/mol. The van der Waals surface area contributed by atoms with Crippen molar-refractivity contribution in [1.29, 1.82) is 0 Å². The molecule has 0 unspecified atom stereocenters. The summed E-state index contributed by atoms with van der Waals surface area (Å²) < 4.78 is 16.8. The van der Waals surface area contributed by atoms with Crippen LogP contribution in [0.4, 0.5) is 0 Å². The van der Waals surface area contributed by atoms with Crippen molar-refractivity contribution in [1.82, 2.24) is 0 Å². The fourth-order valence-electron chi connectivity index (χ4n) is 0. The number of hydrogen-bond acceptors (Lipinski definition) is 2. The van der Waals surface area contributed by atoms with Gasteiger partial charge >= 0.3 is 79.9 Å². The minimum absolute atomic E-state index is 0.0556. The first-order valence-corrected chi connectivity index (χ1v) is 3.03. The quantitative estimate of drug-likeness (QED) is 0.617. The molecule has 20 valence electrons. The topological polar surface area (TPSA) is 34.1 Å². The van der Waals surface area contributed by atoms with Crippen LogP contribution < -0.4 is 0 Å². The van der Waals surface area contributed by atoms with E-state index in [1.165, 1.54) is 0 Å². The average molecular weight is 320 g/mol. The molecule has 2 nitrogen and oxygen atoms in total. The fraction of sp³-hybridized carbons (Fsp3) is 0. The molecule has 0 fully saturated rings. The van der Waals surface area contributed by atoms with Gasteiger partial charge in [-0.15, -0.1) is 0 Å². The van der Waals surface area contributed by atoms with E-state index < -0.39 is 0 Å². The molecule has 0 heterocycles. The van der Waals surface area contributed by atoms with Crippen LogP contribution in [0.15, 0.2) is 0 Å². The predicted octanol–water partition coefficient (Wildman–Crippen LogP) is -0.238. The van der Waals surface area contributed by atoms with E-state index in [1.807, 2.05) is 0 Å². The third-order valence-electron chi connectivity index (χ3n) is 0. The van der Waals surface area contributed by atoms with E-state index in [9.17, 15) is 0 Å². The summed E-state index contributed by atoms with van der Waals surface area (Å²) in [6, 6.07) is 0. The fourth-order valence-corrected chi connectivity index (χ4v) is 0. The summed E-state index contributed by atoms with van der Waals surface area (Å²) in [5.41, 5.74) is 0. The normalized spacial score (nSPS) is 1.50. The number of hydrogen-bond donors (Lipinski definition) is 0. The molecule has 0 aliphatic rings. The Balaban J connectivity index is 0. The van der Waals surface area contributed by atoms with Crippen molar-refractivity contribution in [2.24, 2.45) is 0 Å². The molecule has 0 saturated carbocycles. The monoisotopic (exact) mass is 316 g/mol. The van der Waals surface area contributed by atoms with Crippen LogP contribution in [0, 0.1) is 77.8 Å². The van der Waals surface area contributed by atoms with Gasteiger partial charge in [0.15, 0.2) is 0 Å². The molecule has 4 heteroatoms. The second kappa shape index (κ2) is 18.5. The Bertz CT molecular complexity index is 6.00. The van der Waals surface area contributed by atoms with E-state index in [0.29, 0.717) is 0 Å². The van der Waals surface area contributed by atoms with Crippen LogP contribution in [-0.2, 0) is 2.10 Å². The first-order chi connectivity index (χ1) is 2.00. The second-order valence-electron chi connectivity index (χ2n) is 0. The third-order valence-corrected chi connectivity index (χ3v) is 0. The van der Waals surface area contributed by atoms with Crippen LogP contribution >= 0.6 is 0 Å². The Labute approximate surface area is 77.6 Å².